The minimum atomic E-state index is -4.40. The highest BCUT2D eigenvalue weighted by Gasteiger charge is 2.30. The Labute approximate surface area is 125 Å². The number of aliphatic hydroxyl groups excluding tert-OH is 1. The second-order valence-electron chi connectivity index (χ2n) is 4.83. The third-order valence-electron chi connectivity index (χ3n) is 3.21. The number of nitrogens with zero attached hydrogens (tertiary/aromatic N) is 2. The first-order chi connectivity index (χ1) is 9.70. The molecule has 1 aromatic carbocycles. The number of aryl methyl sites for hydroxylation is 2. The van der Waals surface area contributed by atoms with E-state index >= 15 is 0 Å². The molecule has 2 aromatic rings. The van der Waals surface area contributed by atoms with E-state index in [4.69, 9.17) is 11.6 Å². The summed E-state index contributed by atoms with van der Waals surface area (Å²) in [6.45, 7) is 1.69. The molecular weight excluding hydrogens is 305 g/mol. The van der Waals surface area contributed by atoms with Gasteiger partial charge in [0, 0.05) is 19.0 Å². The average molecular weight is 319 g/mol. The van der Waals surface area contributed by atoms with E-state index in [1.165, 1.54) is 16.8 Å². The molecule has 3 nitrogen and oxygen atoms in total. The topological polar surface area (TPSA) is 38.0 Å². The van der Waals surface area contributed by atoms with Crippen molar-refractivity contribution in [1.82, 2.24) is 9.78 Å². The van der Waals surface area contributed by atoms with Crippen molar-refractivity contribution in [3.05, 3.63) is 51.8 Å². The van der Waals surface area contributed by atoms with Crippen molar-refractivity contribution < 1.29 is 18.3 Å². The van der Waals surface area contributed by atoms with E-state index in [0.717, 1.165) is 12.1 Å². The van der Waals surface area contributed by atoms with Crippen LogP contribution in [0, 0.1) is 6.92 Å². The summed E-state index contributed by atoms with van der Waals surface area (Å²) >= 11 is 6.04. The quantitative estimate of drug-likeness (QED) is 0.937. The van der Waals surface area contributed by atoms with E-state index in [2.05, 4.69) is 5.10 Å². The van der Waals surface area contributed by atoms with Gasteiger partial charge in [0.15, 0.2) is 0 Å². The number of alkyl halides is 3. The van der Waals surface area contributed by atoms with Gasteiger partial charge in [0.2, 0.25) is 0 Å². The molecule has 1 atom stereocenters. The lowest BCUT2D eigenvalue weighted by molar-refractivity contribution is -0.137. The maximum absolute atomic E-state index is 12.7. The highest BCUT2D eigenvalue weighted by atomic mass is 35.5. The van der Waals surface area contributed by atoms with Gasteiger partial charge in [-0.3, -0.25) is 4.68 Å². The molecule has 1 aromatic heterocycles. The van der Waals surface area contributed by atoms with Gasteiger partial charge in [0.25, 0.3) is 0 Å². The van der Waals surface area contributed by atoms with Crippen molar-refractivity contribution in [2.45, 2.75) is 25.6 Å². The smallest absolute Gasteiger partial charge is 0.388 e. The fourth-order valence-corrected chi connectivity index (χ4v) is 2.53. The molecule has 7 heteroatoms. The summed E-state index contributed by atoms with van der Waals surface area (Å²) in [5, 5.41) is 14.6. The molecule has 0 spiro atoms. The van der Waals surface area contributed by atoms with Crippen LogP contribution in [0.15, 0.2) is 24.3 Å². The number of rotatable bonds is 3. The number of benzene rings is 1. The van der Waals surface area contributed by atoms with Crippen LogP contribution >= 0.6 is 11.6 Å². The van der Waals surface area contributed by atoms with Crippen LogP contribution in [0.2, 0.25) is 5.15 Å². The number of hydrogen-bond donors (Lipinski definition) is 1. The Morgan fingerprint density at radius 3 is 2.57 bits per heavy atom. The standard InChI is InChI=1S/C14H14ClF3N2O/c1-8-12(13(15)20(2)19-8)11(21)7-9-4-3-5-10(6-9)14(16,17)18/h3-6,11,21H,7H2,1-2H3. The largest absolute Gasteiger partial charge is 0.416 e. The number of halogens is 4. The maximum Gasteiger partial charge on any atom is 0.416 e. The Kier molecular flexibility index (Phi) is 4.30. The summed E-state index contributed by atoms with van der Waals surface area (Å²) in [6.07, 6.45) is -5.37. The molecule has 1 heterocycles. The van der Waals surface area contributed by atoms with Crippen LogP contribution in [0.4, 0.5) is 13.2 Å². The van der Waals surface area contributed by atoms with Crippen molar-refractivity contribution in [2.24, 2.45) is 7.05 Å². The summed E-state index contributed by atoms with van der Waals surface area (Å²) < 4.78 is 39.4. The highest BCUT2D eigenvalue weighted by Crippen LogP contribution is 2.32. The molecule has 0 aliphatic carbocycles. The van der Waals surface area contributed by atoms with Gasteiger partial charge < -0.3 is 5.11 Å². The van der Waals surface area contributed by atoms with Gasteiger partial charge in [0.1, 0.15) is 5.15 Å². The zero-order valence-electron chi connectivity index (χ0n) is 11.4. The van der Waals surface area contributed by atoms with E-state index in [9.17, 15) is 18.3 Å². The van der Waals surface area contributed by atoms with E-state index in [-0.39, 0.29) is 11.6 Å². The Morgan fingerprint density at radius 2 is 2.05 bits per heavy atom. The zero-order chi connectivity index (χ0) is 15.8. The van der Waals surface area contributed by atoms with Crippen LogP contribution in [0.5, 0.6) is 0 Å². The zero-order valence-corrected chi connectivity index (χ0v) is 12.2. The molecule has 0 aliphatic heterocycles. The van der Waals surface area contributed by atoms with Gasteiger partial charge in [-0.25, -0.2) is 0 Å². The van der Waals surface area contributed by atoms with Crippen molar-refractivity contribution >= 4 is 11.6 Å². The lowest BCUT2D eigenvalue weighted by Crippen LogP contribution is -2.07. The van der Waals surface area contributed by atoms with Crippen molar-refractivity contribution in [3.8, 4) is 0 Å². The molecular formula is C14H14ClF3N2O. The monoisotopic (exact) mass is 318 g/mol. The molecule has 0 saturated heterocycles. The predicted octanol–water partition coefficient (Wildman–Crippen LogP) is 3.68. The first kappa shape index (κ1) is 15.9. The molecule has 2 rings (SSSR count). The first-order valence-electron chi connectivity index (χ1n) is 6.23. The fourth-order valence-electron chi connectivity index (χ4n) is 2.22. The summed E-state index contributed by atoms with van der Waals surface area (Å²) in [7, 11) is 1.63. The summed E-state index contributed by atoms with van der Waals surface area (Å²) in [6, 6.07) is 4.89. The van der Waals surface area contributed by atoms with Crippen LogP contribution in [0.3, 0.4) is 0 Å². The Morgan fingerprint density at radius 1 is 1.38 bits per heavy atom. The van der Waals surface area contributed by atoms with E-state index in [0.29, 0.717) is 16.8 Å². The van der Waals surface area contributed by atoms with Gasteiger partial charge in [-0.1, -0.05) is 29.8 Å². The van der Waals surface area contributed by atoms with Crippen LogP contribution < -0.4 is 0 Å². The maximum atomic E-state index is 12.7. The Balaban J connectivity index is 2.26. The van der Waals surface area contributed by atoms with Gasteiger partial charge in [0.05, 0.1) is 17.4 Å². The Hall–Kier alpha value is -1.53. The normalized spacial score (nSPS) is 13.5. The van der Waals surface area contributed by atoms with Gasteiger partial charge in [-0.2, -0.15) is 18.3 Å². The lowest BCUT2D eigenvalue weighted by atomic mass is 10.0. The molecule has 0 fully saturated rings. The van der Waals surface area contributed by atoms with E-state index in [1.807, 2.05) is 0 Å². The third kappa shape index (κ3) is 3.39. The third-order valence-corrected chi connectivity index (χ3v) is 3.66. The molecule has 1 N–H and O–H groups in total. The lowest BCUT2D eigenvalue weighted by Gasteiger charge is -2.13. The molecule has 0 radical (unpaired) electrons. The number of aromatic nitrogens is 2. The van der Waals surface area contributed by atoms with Gasteiger partial charge in [-0.05, 0) is 18.6 Å². The Bertz CT molecular complexity index is 652. The van der Waals surface area contributed by atoms with Crippen molar-refractivity contribution in [1.29, 1.82) is 0 Å². The van der Waals surface area contributed by atoms with Crippen LogP contribution in [0.25, 0.3) is 0 Å². The molecule has 0 bridgehead atoms. The summed E-state index contributed by atoms with van der Waals surface area (Å²) in [5.74, 6) is 0. The average Bonchev–Trinajstić information content (AvgIpc) is 2.62. The molecule has 0 saturated carbocycles. The van der Waals surface area contributed by atoms with Gasteiger partial charge >= 0.3 is 6.18 Å². The fraction of sp³-hybridized carbons (Fsp3) is 0.357. The molecule has 1 unspecified atom stereocenters. The van der Waals surface area contributed by atoms with E-state index < -0.39 is 17.8 Å². The van der Waals surface area contributed by atoms with Crippen molar-refractivity contribution in [2.75, 3.05) is 0 Å². The minimum Gasteiger partial charge on any atom is -0.388 e. The predicted molar refractivity (Wildman–Crippen MR) is 73.1 cm³/mol. The molecule has 0 aliphatic rings. The number of aliphatic hydroxyl groups is 1. The molecule has 21 heavy (non-hydrogen) atoms. The van der Waals surface area contributed by atoms with Crippen LogP contribution in [-0.4, -0.2) is 14.9 Å². The van der Waals surface area contributed by atoms with Crippen LogP contribution in [-0.2, 0) is 19.6 Å². The van der Waals surface area contributed by atoms with Crippen molar-refractivity contribution in [3.63, 3.8) is 0 Å². The molecule has 0 amide bonds. The van der Waals surface area contributed by atoms with E-state index in [1.54, 1.807) is 14.0 Å². The highest BCUT2D eigenvalue weighted by molar-refractivity contribution is 6.30. The second kappa shape index (κ2) is 5.69. The van der Waals surface area contributed by atoms with Gasteiger partial charge in [-0.15, -0.1) is 0 Å². The minimum absolute atomic E-state index is 0.0379. The molecule has 114 valence electrons. The number of hydrogen-bond acceptors (Lipinski definition) is 2. The summed E-state index contributed by atoms with van der Waals surface area (Å²) in [4.78, 5) is 0. The second-order valence-corrected chi connectivity index (χ2v) is 5.19. The SMILES string of the molecule is Cc1nn(C)c(Cl)c1C(O)Cc1cccc(C(F)(F)F)c1. The summed E-state index contributed by atoms with van der Waals surface area (Å²) in [5.41, 5.74) is 0.649. The first-order valence-corrected chi connectivity index (χ1v) is 6.61. The van der Waals surface area contributed by atoms with Crippen LogP contribution in [0.1, 0.15) is 28.5 Å².